The van der Waals surface area contributed by atoms with Crippen molar-refractivity contribution < 1.29 is 14.4 Å². The number of imide groups is 1. The Kier molecular flexibility index (Phi) is 5.09. The summed E-state index contributed by atoms with van der Waals surface area (Å²) >= 11 is 7.26. The van der Waals surface area contributed by atoms with Gasteiger partial charge in [-0.3, -0.25) is 19.3 Å². The highest BCUT2D eigenvalue weighted by atomic mass is 127. The van der Waals surface area contributed by atoms with Gasteiger partial charge in [0.25, 0.3) is 11.8 Å². The number of fused-ring (bicyclic) bond motifs is 1. The molecule has 1 aliphatic heterocycles. The molecule has 1 heterocycles. The lowest BCUT2D eigenvalue weighted by atomic mass is 10.1. The molecule has 0 spiro atoms. The van der Waals surface area contributed by atoms with Crippen molar-refractivity contribution in [2.75, 3.05) is 11.9 Å². The Morgan fingerprint density at radius 2 is 1.56 bits per heavy atom. The molecule has 0 radical (unpaired) electrons. The molecule has 0 aliphatic carbocycles. The first-order valence-electron chi connectivity index (χ1n) is 7.27. The van der Waals surface area contributed by atoms with Crippen LogP contribution >= 0.6 is 34.8 Å². The molecular weight excluding hydrogens is 453 g/mol. The number of carbonyl (C=O) groups excluding carboxylic acids is 3. The van der Waals surface area contributed by atoms with E-state index in [-0.39, 0.29) is 11.7 Å². The second kappa shape index (κ2) is 7.28. The number of thiocarbonyl (C=S) groups is 1. The van der Waals surface area contributed by atoms with Crippen molar-refractivity contribution in [1.82, 2.24) is 10.2 Å². The Balaban J connectivity index is 1.60. The maximum Gasteiger partial charge on any atom is 0.262 e. The standard InChI is InChI=1S/C17H12IN3O3S/c18-10-5-7-11(8-6-10)19-17(25)20-14(22)9-21-15(23)12-3-1-2-4-13(12)16(21)24/h1-8H,9H2,(H2,19,20,22,25). The van der Waals surface area contributed by atoms with E-state index in [4.69, 9.17) is 12.2 Å². The summed E-state index contributed by atoms with van der Waals surface area (Å²) in [5, 5.41) is 5.44. The highest BCUT2D eigenvalue weighted by Gasteiger charge is 2.36. The zero-order valence-corrected chi connectivity index (χ0v) is 15.8. The molecule has 3 amide bonds. The van der Waals surface area contributed by atoms with E-state index in [2.05, 4.69) is 33.2 Å². The van der Waals surface area contributed by atoms with E-state index in [0.717, 1.165) is 14.2 Å². The van der Waals surface area contributed by atoms with E-state index in [0.29, 0.717) is 11.1 Å². The monoisotopic (exact) mass is 465 g/mol. The van der Waals surface area contributed by atoms with Crippen molar-refractivity contribution in [1.29, 1.82) is 0 Å². The summed E-state index contributed by atoms with van der Waals surface area (Å²) < 4.78 is 1.07. The van der Waals surface area contributed by atoms with Crippen molar-refractivity contribution in [3.8, 4) is 0 Å². The zero-order chi connectivity index (χ0) is 18.0. The Labute approximate surface area is 162 Å². The maximum absolute atomic E-state index is 12.2. The van der Waals surface area contributed by atoms with E-state index < -0.39 is 17.7 Å². The molecule has 0 saturated heterocycles. The number of nitrogens with one attached hydrogen (secondary N) is 2. The predicted molar refractivity (Wildman–Crippen MR) is 105 cm³/mol. The van der Waals surface area contributed by atoms with Crippen LogP contribution in [0.5, 0.6) is 0 Å². The van der Waals surface area contributed by atoms with Crippen molar-refractivity contribution >= 4 is 63.3 Å². The van der Waals surface area contributed by atoms with E-state index in [1.54, 1.807) is 24.3 Å². The molecule has 0 bridgehead atoms. The summed E-state index contributed by atoms with van der Waals surface area (Å²) in [6, 6.07) is 13.9. The largest absolute Gasteiger partial charge is 0.332 e. The lowest BCUT2D eigenvalue weighted by Crippen LogP contribution is -2.43. The van der Waals surface area contributed by atoms with Crippen molar-refractivity contribution in [2.24, 2.45) is 0 Å². The fraction of sp³-hybridized carbons (Fsp3) is 0.0588. The zero-order valence-electron chi connectivity index (χ0n) is 12.8. The van der Waals surface area contributed by atoms with Gasteiger partial charge in [-0.05, 0) is 71.2 Å². The molecule has 0 atom stereocenters. The first-order chi connectivity index (χ1) is 12.0. The number of anilines is 1. The van der Waals surface area contributed by atoms with Gasteiger partial charge in [-0.25, -0.2) is 0 Å². The van der Waals surface area contributed by atoms with Crippen LogP contribution in [0.4, 0.5) is 5.69 Å². The highest BCUT2D eigenvalue weighted by molar-refractivity contribution is 14.1. The Morgan fingerprint density at radius 3 is 2.12 bits per heavy atom. The SMILES string of the molecule is O=C(CN1C(=O)c2ccccc2C1=O)NC(=S)Nc1ccc(I)cc1. The number of hydrogen-bond acceptors (Lipinski definition) is 4. The molecule has 0 unspecified atom stereocenters. The summed E-state index contributed by atoms with van der Waals surface area (Å²) in [6.45, 7) is -0.388. The van der Waals surface area contributed by atoms with Gasteiger partial charge in [0.1, 0.15) is 6.54 Å². The molecule has 1 aliphatic rings. The Bertz CT molecular complexity index is 848. The van der Waals surface area contributed by atoms with Gasteiger partial charge in [0.2, 0.25) is 5.91 Å². The average molecular weight is 465 g/mol. The first-order valence-corrected chi connectivity index (χ1v) is 8.76. The van der Waals surface area contributed by atoms with E-state index in [1.165, 1.54) is 0 Å². The van der Waals surface area contributed by atoms with Crippen LogP contribution in [-0.2, 0) is 4.79 Å². The van der Waals surface area contributed by atoms with Crippen molar-refractivity contribution in [2.45, 2.75) is 0 Å². The molecule has 8 heteroatoms. The molecular formula is C17H12IN3O3S. The second-order valence-corrected chi connectivity index (χ2v) is 6.91. The smallest absolute Gasteiger partial charge is 0.262 e. The van der Waals surface area contributed by atoms with Gasteiger partial charge in [-0.2, -0.15) is 0 Å². The number of rotatable bonds is 3. The quantitative estimate of drug-likeness (QED) is 0.414. The molecule has 2 aromatic carbocycles. The fourth-order valence-corrected chi connectivity index (χ4v) is 2.98. The third-order valence-electron chi connectivity index (χ3n) is 3.53. The predicted octanol–water partition coefficient (Wildman–Crippen LogP) is 2.40. The number of amides is 3. The summed E-state index contributed by atoms with van der Waals surface area (Å²) in [4.78, 5) is 37.5. The van der Waals surface area contributed by atoms with Crippen LogP contribution in [0.25, 0.3) is 0 Å². The maximum atomic E-state index is 12.2. The number of nitrogens with zero attached hydrogens (tertiary/aromatic N) is 1. The molecule has 0 fully saturated rings. The van der Waals surface area contributed by atoms with Crippen molar-refractivity contribution in [3.63, 3.8) is 0 Å². The third kappa shape index (κ3) is 3.85. The molecule has 25 heavy (non-hydrogen) atoms. The number of halogens is 1. The molecule has 3 rings (SSSR count). The second-order valence-electron chi connectivity index (χ2n) is 5.25. The van der Waals surface area contributed by atoms with Crippen LogP contribution in [0.3, 0.4) is 0 Å². The fourth-order valence-electron chi connectivity index (χ4n) is 2.39. The summed E-state index contributed by atoms with van der Waals surface area (Å²) in [7, 11) is 0. The minimum Gasteiger partial charge on any atom is -0.332 e. The topological polar surface area (TPSA) is 78.5 Å². The number of hydrogen-bond donors (Lipinski definition) is 2. The van der Waals surface area contributed by atoms with E-state index >= 15 is 0 Å². The lowest BCUT2D eigenvalue weighted by molar-refractivity contribution is -0.120. The van der Waals surface area contributed by atoms with Crippen molar-refractivity contribution in [3.05, 3.63) is 63.2 Å². The molecule has 0 aromatic heterocycles. The Morgan fingerprint density at radius 1 is 1.00 bits per heavy atom. The van der Waals surface area contributed by atoms with Crippen LogP contribution in [0, 0.1) is 3.57 Å². The third-order valence-corrected chi connectivity index (χ3v) is 4.46. The minimum atomic E-state index is -0.544. The number of carbonyl (C=O) groups is 3. The van der Waals surface area contributed by atoms with Gasteiger partial charge in [-0.15, -0.1) is 0 Å². The molecule has 6 nitrogen and oxygen atoms in total. The summed E-state index contributed by atoms with van der Waals surface area (Å²) in [5.74, 6) is -1.50. The van der Waals surface area contributed by atoms with E-state index in [9.17, 15) is 14.4 Å². The Hall–Kier alpha value is -2.33. The van der Waals surface area contributed by atoms with Crippen LogP contribution in [0.2, 0.25) is 0 Å². The number of benzene rings is 2. The van der Waals surface area contributed by atoms with Gasteiger partial charge in [-0.1, -0.05) is 12.1 Å². The van der Waals surface area contributed by atoms with Crippen LogP contribution in [0.15, 0.2) is 48.5 Å². The van der Waals surface area contributed by atoms with E-state index in [1.807, 2.05) is 24.3 Å². The molecule has 2 N–H and O–H groups in total. The minimum absolute atomic E-state index is 0.0998. The van der Waals surface area contributed by atoms with Gasteiger partial charge in [0.05, 0.1) is 11.1 Å². The summed E-state index contributed by atoms with van der Waals surface area (Å²) in [6.07, 6.45) is 0. The highest BCUT2D eigenvalue weighted by Crippen LogP contribution is 2.21. The van der Waals surface area contributed by atoms with Crippen LogP contribution in [-0.4, -0.2) is 34.3 Å². The molecule has 126 valence electrons. The average Bonchev–Trinajstić information content (AvgIpc) is 2.82. The van der Waals surface area contributed by atoms with Crippen LogP contribution in [0.1, 0.15) is 20.7 Å². The van der Waals surface area contributed by atoms with Gasteiger partial charge in [0.15, 0.2) is 5.11 Å². The van der Waals surface area contributed by atoms with Gasteiger partial charge >= 0.3 is 0 Å². The van der Waals surface area contributed by atoms with Crippen LogP contribution < -0.4 is 10.6 Å². The summed E-state index contributed by atoms with van der Waals surface area (Å²) in [5.41, 5.74) is 1.34. The normalized spacial score (nSPS) is 12.8. The van der Waals surface area contributed by atoms with Gasteiger partial charge < -0.3 is 10.6 Å². The first kappa shape index (κ1) is 17.5. The molecule has 0 saturated carbocycles. The lowest BCUT2D eigenvalue weighted by Gasteiger charge is -2.14. The molecule has 2 aromatic rings. The van der Waals surface area contributed by atoms with Gasteiger partial charge in [0, 0.05) is 9.26 Å².